The van der Waals surface area contributed by atoms with Gasteiger partial charge in [0, 0.05) is 34.5 Å². The Morgan fingerprint density at radius 3 is 2.59 bits per heavy atom. The van der Waals surface area contributed by atoms with Crippen LogP contribution in [-0.4, -0.2) is 44.6 Å². The zero-order valence-corrected chi connectivity index (χ0v) is 20.1. The molecular formula is C25H21ClN4O3S. The molecule has 172 valence electrons. The molecule has 3 heterocycles. The van der Waals surface area contributed by atoms with Gasteiger partial charge in [0.05, 0.1) is 29.8 Å². The normalized spacial score (nSPS) is 18.0. The number of aromatic nitrogens is 2. The molecule has 0 saturated carbocycles. The van der Waals surface area contributed by atoms with Crippen molar-refractivity contribution < 1.29 is 14.3 Å². The molecule has 5 rings (SSSR count). The van der Waals surface area contributed by atoms with Crippen LogP contribution in [0, 0.1) is 0 Å². The average molecular weight is 493 g/mol. The molecule has 1 atom stereocenters. The summed E-state index contributed by atoms with van der Waals surface area (Å²) in [7, 11) is 1.33. The summed E-state index contributed by atoms with van der Waals surface area (Å²) in [4.78, 5) is 32.3. The quantitative estimate of drug-likeness (QED) is 0.478. The van der Waals surface area contributed by atoms with Gasteiger partial charge < -0.3 is 4.74 Å². The molecule has 0 aliphatic carbocycles. The second kappa shape index (κ2) is 9.12. The van der Waals surface area contributed by atoms with Gasteiger partial charge in [-0.1, -0.05) is 53.7 Å². The molecule has 2 aliphatic rings. The lowest BCUT2D eigenvalue weighted by molar-refractivity contribution is -0.137. The number of fused-ring (bicyclic) bond motifs is 1. The first-order valence-electron chi connectivity index (χ1n) is 10.7. The maximum Gasteiger partial charge on any atom is 0.338 e. The van der Waals surface area contributed by atoms with Crippen LogP contribution < -0.4 is 0 Å². The molecule has 7 nitrogen and oxygen atoms in total. The predicted molar refractivity (Wildman–Crippen MR) is 133 cm³/mol. The number of benzene rings is 2. The van der Waals surface area contributed by atoms with Crippen molar-refractivity contribution >= 4 is 40.4 Å². The third kappa shape index (κ3) is 3.93. The largest absolute Gasteiger partial charge is 0.466 e. The van der Waals surface area contributed by atoms with E-state index in [2.05, 4.69) is 4.99 Å². The number of hydrogen-bond donors (Lipinski definition) is 0. The van der Waals surface area contributed by atoms with Gasteiger partial charge in [0.25, 0.3) is 0 Å². The summed E-state index contributed by atoms with van der Waals surface area (Å²) in [5.41, 5.74) is 3.87. The first-order valence-corrected chi connectivity index (χ1v) is 12.1. The molecule has 0 spiro atoms. The third-order valence-electron chi connectivity index (χ3n) is 5.79. The van der Waals surface area contributed by atoms with Crippen LogP contribution >= 0.6 is 23.4 Å². The van der Waals surface area contributed by atoms with Gasteiger partial charge in [-0.25, -0.2) is 14.5 Å². The summed E-state index contributed by atoms with van der Waals surface area (Å²) in [5, 5.41) is 6.07. The van der Waals surface area contributed by atoms with Crippen LogP contribution in [0.5, 0.6) is 0 Å². The van der Waals surface area contributed by atoms with Crippen LogP contribution in [0.25, 0.3) is 16.9 Å². The first kappa shape index (κ1) is 22.4. The Morgan fingerprint density at radius 1 is 1.15 bits per heavy atom. The lowest BCUT2D eigenvalue weighted by Crippen LogP contribution is -2.45. The van der Waals surface area contributed by atoms with Gasteiger partial charge >= 0.3 is 5.97 Å². The molecule has 1 saturated heterocycles. The van der Waals surface area contributed by atoms with Gasteiger partial charge in [-0.05, 0) is 31.2 Å². The van der Waals surface area contributed by atoms with Crippen molar-refractivity contribution in [3.63, 3.8) is 0 Å². The van der Waals surface area contributed by atoms with Crippen molar-refractivity contribution in [2.24, 2.45) is 4.99 Å². The van der Waals surface area contributed by atoms with E-state index >= 15 is 0 Å². The second-order valence-corrected chi connectivity index (χ2v) is 9.37. The topological polar surface area (TPSA) is 76.8 Å². The van der Waals surface area contributed by atoms with E-state index in [-0.39, 0.29) is 5.91 Å². The Morgan fingerprint density at radius 2 is 1.88 bits per heavy atom. The highest BCUT2D eigenvalue weighted by Gasteiger charge is 2.43. The van der Waals surface area contributed by atoms with E-state index in [1.807, 2.05) is 48.7 Å². The van der Waals surface area contributed by atoms with Gasteiger partial charge in [-0.2, -0.15) is 5.10 Å². The molecule has 3 aromatic rings. The number of halogens is 1. The summed E-state index contributed by atoms with van der Waals surface area (Å²) in [6.45, 7) is 1.77. The molecule has 0 N–H and O–H groups in total. The second-order valence-electron chi connectivity index (χ2n) is 7.87. The number of carbonyl (C=O) groups excluding carboxylic acids is 2. The van der Waals surface area contributed by atoms with Gasteiger partial charge in [-0.15, -0.1) is 0 Å². The van der Waals surface area contributed by atoms with E-state index in [1.165, 1.54) is 18.9 Å². The van der Waals surface area contributed by atoms with Crippen LogP contribution in [0.1, 0.15) is 24.9 Å². The smallest absolute Gasteiger partial charge is 0.338 e. The van der Waals surface area contributed by atoms with Crippen LogP contribution in [0.2, 0.25) is 5.02 Å². The summed E-state index contributed by atoms with van der Waals surface area (Å²) < 4.78 is 6.88. The van der Waals surface area contributed by atoms with Crippen molar-refractivity contribution in [2.45, 2.75) is 19.4 Å². The van der Waals surface area contributed by atoms with E-state index in [1.54, 1.807) is 28.6 Å². The molecule has 0 radical (unpaired) electrons. The number of rotatable bonds is 4. The molecule has 9 heteroatoms. The summed E-state index contributed by atoms with van der Waals surface area (Å²) in [6, 6.07) is 16.3. The van der Waals surface area contributed by atoms with Gasteiger partial charge in [-0.3, -0.25) is 9.69 Å². The number of esters is 1. The molecule has 34 heavy (non-hydrogen) atoms. The van der Waals surface area contributed by atoms with E-state index < -0.39 is 12.0 Å². The van der Waals surface area contributed by atoms with E-state index in [0.29, 0.717) is 44.9 Å². The number of methoxy groups -OCH3 is 1. The van der Waals surface area contributed by atoms with Crippen molar-refractivity contribution in [2.75, 3.05) is 12.9 Å². The number of amidine groups is 1. The number of para-hydroxylation sites is 1. The number of aliphatic imine (C=N–C) groups is 1. The first-order chi connectivity index (χ1) is 16.5. The van der Waals surface area contributed by atoms with E-state index in [4.69, 9.17) is 21.4 Å². The molecule has 1 fully saturated rings. The maximum atomic E-state index is 13.2. The number of carbonyl (C=O) groups is 2. The Kier molecular flexibility index (Phi) is 6.02. The average Bonchev–Trinajstić information content (AvgIpc) is 3.29. The van der Waals surface area contributed by atoms with Crippen molar-refractivity contribution in [3.05, 3.63) is 82.7 Å². The maximum absolute atomic E-state index is 13.2. The van der Waals surface area contributed by atoms with Crippen LogP contribution in [0.4, 0.5) is 0 Å². The minimum Gasteiger partial charge on any atom is -0.466 e. The molecule has 0 bridgehead atoms. The Labute approximate surface area is 206 Å². The summed E-state index contributed by atoms with van der Waals surface area (Å²) >= 11 is 7.64. The van der Waals surface area contributed by atoms with Crippen LogP contribution in [-0.2, 0) is 14.3 Å². The molecule has 1 aromatic heterocycles. The fourth-order valence-electron chi connectivity index (χ4n) is 4.19. The fraction of sp³-hybridized carbons (Fsp3) is 0.200. The van der Waals surface area contributed by atoms with Crippen molar-refractivity contribution in [3.8, 4) is 16.9 Å². The lowest BCUT2D eigenvalue weighted by atomic mass is 9.92. The van der Waals surface area contributed by atoms with Crippen LogP contribution in [0.15, 0.2) is 77.1 Å². The summed E-state index contributed by atoms with van der Waals surface area (Å²) in [5.74, 6) is 0.0313. The number of allylic oxidation sites excluding steroid dienone is 1. The number of nitrogens with zero attached hydrogens (tertiary/aromatic N) is 4. The Bertz CT molecular complexity index is 1330. The van der Waals surface area contributed by atoms with Gasteiger partial charge in [0.15, 0.2) is 5.17 Å². The van der Waals surface area contributed by atoms with Crippen molar-refractivity contribution in [1.29, 1.82) is 0 Å². The van der Waals surface area contributed by atoms with E-state index in [9.17, 15) is 9.59 Å². The van der Waals surface area contributed by atoms with E-state index in [0.717, 1.165) is 11.3 Å². The zero-order valence-electron chi connectivity index (χ0n) is 18.6. The fourth-order valence-corrected chi connectivity index (χ4v) is 5.33. The molecule has 1 amide bonds. The monoisotopic (exact) mass is 492 g/mol. The Balaban J connectivity index is 1.76. The van der Waals surface area contributed by atoms with Crippen molar-refractivity contribution in [1.82, 2.24) is 14.7 Å². The molecule has 2 aliphatic heterocycles. The number of hydrogen-bond acceptors (Lipinski definition) is 6. The number of ether oxygens (including phenoxy) is 1. The highest BCUT2D eigenvalue weighted by molar-refractivity contribution is 8.14. The third-order valence-corrected chi connectivity index (χ3v) is 6.99. The lowest BCUT2D eigenvalue weighted by Gasteiger charge is -2.38. The highest BCUT2D eigenvalue weighted by Crippen LogP contribution is 2.43. The number of thioether (sulfide) groups is 1. The summed E-state index contributed by atoms with van der Waals surface area (Å²) in [6.07, 6.45) is 2.23. The predicted octanol–water partition coefficient (Wildman–Crippen LogP) is 5.02. The SMILES string of the molecule is COC(=O)C1=C(C)N=C2SCCC(=O)N2[C@@H]1c1cn(-c2ccccc2)nc1-c1ccc(Cl)cc1. The van der Waals surface area contributed by atoms with Gasteiger partial charge in [0.2, 0.25) is 5.91 Å². The number of amides is 1. The standard InChI is InChI=1S/C25H21ClN4O3S/c1-15-21(24(32)33-2)23(30-20(31)12-13-34-25(30)27-15)19-14-29(18-6-4-3-5-7-18)28-22(19)16-8-10-17(26)11-9-16/h3-11,14,23H,12-13H2,1-2H3/t23-/m1/s1. The molecular weight excluding hydrogens is 472 g/mol. The highest BCUT2D eigenvalue weighted by atomic mass is 35.5. The molecule has 2 aromatic carbocycles. The molecule has 0 unspecified atom stereocenters. The van der Waals surface area contributed by atoms with Gasteiger partial charge in [0.1, 0.15) is 6.04 Å². The minimum absolute atomic E-state index is 0.0917. The van der Waals surface area contributed by atoms with Crippen LogP contribution in [0.3, 0.4) is 0 Å². The minimum atomic E-state index is -0.719. The zero-order chi connectivity index (χ0) is 23.8. The Hall–Kier alpha value is -3.36.